The van der Waals surface area contributed by atoms with E-state index in [1.165, 1.54) is 11.1 Å². The van der Waals surface area contributed by atoms with Gasteiger partial charge in [0.2, 0.25) is 0 Å². The molecule has 2 atom stereocenters. The van der Waals surface area contributed by atoms with E-state index in [1.54, 1.807) is 14.2 Å². The standard InChI is InChI=1S/C19H25NO3/c1-5-13-10-15(21)12-18-19(13,8-9-20(18)2)14-6-7-16(22-3)17(11-14)23-4/h6-7,10-11,18H,5,8-9,12H2,1-4H3. The van der Waals surface area contributed by atoms with Crippen molar-refractivity contribution >= 4 is 5.78 Å². The number of hydrogen-bond acceptors (Lipinski definition) is 4. The summed E-state index contributed by atoms with van der Waals surface area (Å²) in [7, 11) is 5.44. The highest BCUT2D eigenvalue weighted by atomic mass is 16.5. The van der Waals surface area contributed by atoms with Crippen LogP contribution >= 0.6 is 0 Å². The Hall–Kier alpha value is -1.81. The van der Waals surface area contributed by atoms with Crippen molar-refractivity contribution in [3.8, 4) is 11.5 Å². The minimum absolute atomic E-state index is 0.0863. The van der Waals surface area contributed by atoms with Crippen LogP contribution in [-0.4, -0.2) is 44.5 Å². The Morgan fingerprint density at radius 2 is 2.00 bits per heavy atom. The minimum atomic E-state index is -0.0863. The van der Waals surface area contributed by atoms with Crippen molar-refractivity contribution in [2.45, 2.75) is 37.6 Å². The lowest BCUT2D eigenvalue weighted by molar-refractivity contribution is -0.116. The number of carbonyl (C=O) groups excluding carboxylic acids is 1. The molecule has 1 heterocycles. The molecule has 1 fully saturated rings. The minimum Gasteiger partial charge on any atom is -0.493 e. The van der Waals surface area contributed by atoms with Gasteiger partial charge in [-0.25, -0.2) is 0 Å². The number of fused-ring (bicyclic) bond motifs is 1. The molecule has 1 aromatic rings. The molecule has 0 bridgehead atoms. The molecule has 1 aromatic carbocycles. The summed E-state index contributed by atoms with van der Waals surface area (Å²) < 4.78 is 10.9. The smallest absolute Gasteiger partial charge is 0.161 e. The van der Waals surface area contributed by atoms with Crippen LogP contribution in [0.25, 0.3) is 0 Å². The van der Waals surface area contributed by atoms with Gasteiger partial charge in [-0.05, 0) is 50.2 Å². The van der Waals surface area contributed by atoms with Crippen molar-refractivity contribution in [2.24, 2.45) is 0 Å². The zero-order valence-electron chi connectivity index (χ0n) is 14.4. The zero-order chi connectivity index (χ0) is 16.6. The summed E-state index contributed by atoms with van der Waals surface area (Å²) in [5.41, 5.74) is 2.39. The Kier molecular flexibility index (Phi) is 4.19. The van der Waals surface area contributed by atoms with E-state index in [4.69, 9.17) is 9.47 Å². The number of likely N-dealkylation sites (tertiary alicyclic amines) is 1. The molecule has 23 heavy (non-hydrogen) atoms. The van der Waals surface area contributed by atoms with E-state index in [1.807, 2.05) is 12.1 Å². The third-order valence-corrected chi connectivity index (χ3v) is 5.54. The van der Waals surface area contributed by atoms with Gasteiger partial charge in [-0.2, -0.15) is 0 Å². The SMILES string of the molecule is CCC1=CC(=O)CC2N(C)CCC12c1ccc(OC)c(OC)c1. The summed E-state index contributed by atoms with van der Waals surface area (Å²) in [6, 6.07) is 6.42. The van der Waals surface area contributed by atoms with Crippen LogP contribution in [0.1, 0.15) is 31.7 Å². The second-order valence-corrected chi connectivity index (χ2v) is 6.48. The molecule has 4 nitrogen and oxygen atoms in total. The van der Waals surface area contributed by atoms with E-state index in [-0.39, 0.29) is 17.2 Å². The maximum Gasteiger partial charge on any atom is 0.161 e. The van der Waals surface area contributed by atoms with Gasteiger partial charge in [0.05, 0.1) is 14.2 Å². The summed E-state index contributed by atoms with van der Waals surface area (Å²) in [4.78, 5) is 14.5. The number of rotatable bonds is 4. The molecule has 0 aromatic heterocycles. The predicted octanol–water partition coefficient (Wildman–Crippen LogP) is 2.95. The van der Waals surface area contributed by atoms with E-state index in [0.29, 0.717) is 6.42 Å². The summed E-state index contributed by atoms with van der Waals surface area (Å²) in [6.45, 7) is 3.14. The summed E-state index contributed by atoms with van der Waals surface area (Å²) >= 11 is 0. The maximum atomic E-state index is 12.2. The van der Waals surface area contributed by atoms with Crippen LogP contribution in [0.5, 0.6) is 11.5 Å². The number of allylic oxidation sites excluding steroid dienone is 1. The van der Waals surface area contributed by atoms with Crippen LogP contribution in [0.2, 0.25) is 0 Å². The third-order valence-electron chi connectivity index (χ3n) is 5.54. The Morgan fingerprint density at radius 1 is 1.26 bits per heavy atom. The fourth-order valence-corrected chi connectivity index (χ4v) is 4.38. The molecule has 0 amide bonds. The van der Waals surface area contributed by atoms with Gasteiger partial charge in [-0.1, -0.05) is 18.6 Å². The number of carbonyl (C=O) groups is 1. The second kappa shape index (κ2) is 6.00. The highest BCUT2D eigenvalue weighted by Gasteiger charge is 2.51. The number of methoxy groups -OCH3 is 2. The molecule has 3 rings (SSSR count). The lowest BCUT2D eigenvalue weighted by atomic mass is 9.64. The number of hydrogen-bond donors (Lipinski definition) is 0. The average Bonchev–Trinajstić information content (AvgIpc) is 2.91. The number of ketones is 1. The molecule has 0 N–H and O–H groups in total. The van der Waals surface area contributed by atoms with E-state index in [9.17, 15) is 4.79 Å². The van der Waals surface area contributed by atoms with Gasteiger partial charge in [-0.3, -0.25) is 4.79 Å². The number of ether oxygens (including phenoxy) is 2. The van der Waals surface area contributed by atoms with Gasteiger partial charge in [0.25, 0.3) is 0 Å². The number of nitrogens with zero attached hydrogens (tertiary/aromatic N) is 1. The summed E-state index contributed by atoms with van der Waals surface area (Å²) in [5.74, 6) is 1.74. The molecule has 2 unspecified atom stereocenters. The van der Waals surface area contributed by atoms with Gasteiger partial charge < -0.3 is 14.4 Å². The van der Waals surface area contributed by atoms with Gasteiger partial charge in [0.1, 0.15) is 0 Å². The van der Waals surface area contributed by atoms with Gasteiger partial charge in [-0.15, -0.1) is 0 Å². The van der Waals surface area contributed by atoms with Crippen molar-refractivity contribution in [3.05, 3.63) is 35.4 Å². The molecular weight excluding hydrogens is 290 g/mol. The first-order valence-corrected chi connectivity index (χ1v) is 8.23. The normalized spacial score (nSPS) is 27.6. The highest BCUT2D eigenvalue weighted by Crippen LogP contribution is 2.51. The van der Waals surface area contributed by atoms with E-state index >= 15 is 0 Å². The van der Waals surface area contributed by atoms with Crippen molar-refractivity contribution in [3.63, 3.8) is 0 Å². The Labute approximate surface area is 138 Å². The molecule has 0 radical (unpaired) electrons. The van der Waals surface area contributed by atoms with Crippen LogP contribution < -0.4 is 9.47 Å². The van der Waals surface area contributed by atoms with Crippen molar-refractivity contribution < 1.29 is 14.3 Å². The van der Waals surface area contributed by atoms with E-state index in [2.05, 4.69) is 31.0 Å². The molecule has 0 spiro atoms. The van der Waals surface area contributed by atoms with Crippen molar-refractivity contribution in [1.82, 2.24) is 4.90 Å². The Balaban J connectivity index is 2.17. The lowest BCUT2D eigenvalue weighted by Crippen LogP contribution is -2.46. The predicted molar refractivity (Wildman–Crippen MR) is 90.3 cm³/mol. The molecule has 4 heteroatoms. The lowest BCUT2D eigenvalue weighted by Gasteiger charge is -2.42. The largest absolute Gasteiger partial charge is 0.493 e. The molecule has 124 valence electrons. The number of benzene rings is 1. The van der Waals surface area contributed by atoms with Gasteiger partial charge in [0.15, 0.2) is 17.3 Å². The highest BCUT2D eigenvalue weighted by molar-refractivity contribution is 5.93. The first kappa shape index (κ1) is 16.1. The molecule has 1 aliphatic carbocycles. The van der Waals surface area contributed by atoms with Gasteiger partial charge in [0, 0.05) is 17.9 Å². The number of likely N-dealkylation sites (N-methyl/N-ethyl adjacent to an activating group) is 1. The van der Waals surface area contributed by atoms with Crippen molar-refractivity contribution in [1.29, 1.82) is 0 Å². The van der Waals surface area contributed by atoms with E-state index in [0.717, 1.165) is 30.9 Å². The first-order chi connectivity index (χ1) is 11.1. The molecule has 1 aliphatic heterocycles. The fraction of sp³-hybridized carbons (Fsp3) is 0.526. The maximum absolute atomic E-state index is 12.2. The third kappa shape index (κ3) is 2.36. The second-order valence-electron chi connectivity index (χ2n) is 6.48. The molecular formula is C19H25NO3. The summed E-state index contributed by atoms with van der Waals surface area (Å²) in [6.07, 6.45) is 4.40. The average molecular weight is 315 g/mol. The van der Waals surface area contributed by atoms with Crippen LogP contribution in [0.4, 0.5) is 0 Å². The molecule has 2 aliphatic rings. The molecule has 0 saturated carbocycles. The fourth-order valence-electron chi connectivity index (χ4n) is 4.38. The monoisotopic (exact) mass is 315 g/mol. The summed E-state index contributed by atoms with van der Waals surface area (Å²) in [5, 5.41) is 0. The van der Waals surface area contributed by atoms with Crippen LogP contribution in [0.15, 0.2) is 29.8 Å². The zero-order valence-corrected chi connectivity index (χ0v) is 14.4. The Bertz CT molecular complexity index is 652. The van der Waals surface area contributed by atoms with Crippen molar-refractivity contribution in [2.75, 3.05) is 27.8 Å². The Morgan fingerprint density at radius 3 is 2.65 bits per heavy atom. The quantitative estimate of drug-likeness (QED) is 0.856. The van der Waals surface area contributed by atoms with Gasteiger partial charge >= 0.3 is 0 Å². The van der Waals surface area contributed by atoms with Crippen LogP contribution in [-0.2, 0) is 10.2 Å². The van der Waals surface area contributed by atoms with Crippen LogP contribution in [0.3, 0.4) is 0 Å². The van der Waals surface area contributed by atoms with E-state index < -0.39 is 0 Å². The molecule has 1 saturated heterocycles. The van der Waals surface area contributed by atoms with Crippen LogP contribution in [0, 0.1) is 0 Å². The first-order valence-electron chi connectivity index (χ1n) is 8.23. The topological polar surface area (TPSA) is 38.8 Å².